The number of nitrogens with zero attached hydrogens (tertiary/aromatic N) is 2. The van der Waals surface area contributed by atoms with Crippen LogP contribution >= 0.6 is 0 Å². The normalized spacial score (nSPS) is 14.7. The fourth-order valence-corrected chi connectivity index (χ4v) is 3.05. The standard InChI is InChI=1S/C20H23FN4O2/c1-15(26)22-17-7-8-18(21)19(13-17)23-20(27)25-11-9-24(10-12-25)14-16-5-3-2-4-6-16/h2-8,13H,9-12,14H2,1H3,(H,22,26)(H,23,27). The van der Waals surface area contributed by atoms with Crippen molar-refractivity contribution in [3.8, 4) is 0 Å². The number of benzene rings is 2. The zero-order chi connectivity index (χ0) is 19.2. The highest BCUT2D eigenvalue weighted by Gasteiger charge is 2.22. The minimum Gasteiger partial charge on any atom is -0.326 e. The largest absolute Gasteiger partial charge is 0.326 e. The number of halogens is 1. The van der Waals surface area contributed by atoms with Crippen molar-refractivity contribution in [2.24, 2.45) is 0 Å². The molecule has 2 aromatic carbocycles. The number of anilines is 2. The molecule has 0 aliphatic carbocycles. The molecule has 0 aromatic heterocycles. The molecule has 1 aliphatic rings. The van der Waals surface area contributed by atoms with Gasteiger partial charge in [-0.1, -0.05) is 30.3 Å². The molecule has 0 unspecified atom stereocenters. The van der Waals surface area contributed by atoms with Crippen LogP contribution in [0.25, 0.3) is 0 Å². The van der Waals surface area contributed by atoms with Gasteiger partial charge in [0.1, 0.15) is 5.82 Å². The Labute approximate surface area is 158 Å². The van der Waals surface area contributed by atoms with E-state index in [9.17, 15) is 14.0 Å². The van der Waals surface area contributed by atoms with Crippen molar-refractivity contribution in [1.29, 1.82) is 0 Å². The molecule has 27 heavy (non-hydrogen) atoms. The van der Waals surface area contributed by atoms with Gasteiger partial charge in [-0.3, -0.25) is 9.69 Å². The third-order valence-electron chi connectivity index (χ3n) is 4.44. The summed E-state index contributed by atoms with van der Waals surface area (Å²) in [6, 6.07) is 14.0. The topological polar surface area (TPSA) is 64.7 Å². The molecule has 1 aliphatic heterocycles. The van der Waals surface area contributed by atoms with Crippen molar-refractivity contribution in [2.75, 3.05) is 36.8 Å². The van der Waals surface area contributed by atoms with Crippen LogP contribution in [0.3, 0.4) is 0 Å². The maximum absolute atomic E-state index is 14.0. The molecule has 0 saturated carbocycles. The molecule has 0 spiro atoms. The number of hydrogen-bond donors (Lipinski definition) is 2. The van der Waals surface area contributed by atoms with Gasteiger partial charge in [0.05, 0.1) is 5.69 Å². The van der Waals surface area contributed by atoms with E-state index in [4.69, 9.17) is 0 Å². The third-order valence-corrected chi connectivity index (χ3v) is 4.44. The van der Waals surface area contributed by atoms with E-state index in [2.05, 4.69) is 27.7 Å². The van der Waals surface area contributed by atoms with Crippen LogP contribution in [0.15, 0.2) is 48.5 Å². The van der Waals surface area contributed by atoms with E-state index in [1.807, 2.05) is 18.2 Å². The molecule has 2 N–H and O–H groups in total. The SMILES string of the molecule is CC(=O)Nc1ccc(F)c(NC(=O)N2CCN(Cc3ccccc3)CC2)c1. The van der Waals surface area contributed by atoms with E-state index < -0.39 is 5.82 Å². The number of rotatable bonds is 4. The van der Waals surface area contributed by atoms with Crippen molar-refractivity contribution >= 4 is 23.3 Å². The molecular formula is C20H23FN4O2. The predicted octanol–water partition coefficient (Wildman–Crippen LogP) is 3.13. The van der Waals surface area contributed by atoms with Gasteiger partial charge in [-0.2, -0.15) is 0 Å². The van der Waals surface area contributed by atoms with E-state index in [1.165, 1.54) is 30.7 Å². The Balaban J connectivity index is 1.54. The summed E-state index contributed by atoms with van der Waals surface area (Å²) < 4.78 is 14.0. The number of piperazine rings is 1. The van der Waals surface area contributed by atoms with Crippen LogP contribution < -0.4 is 10.6 Å². The Morgan fingerprint density at radius 2 is 1.70 bits per heavy atom. The molecule has 142 valence electrons. The average Bonchev–Trinajstić information content (AvgIpc) is 2.65. The maximum atomic E-state index is 14.0. The van der Waals surface area contributed by atoms with Crippen LogP contribution in [-0.2, 0) is 11.3 Å². The van der Waals surface area contributed by atoms with Gasteiger partial charge in [-0.25, -0.2) is 9.18 Å². The number of nitrogens with one attached hydrogen (secondary N) is 2. The summed E-state index contributed by atoms with van der Waals surface area (Å²) in [6.45, 7) is 4.89. The van der Waals surface area contributed by atoms with Crippen LogP contribution in [0, 0.1) is 5.82 Å². The van der Waals surface area contributed by atoms with E-state index in [0.717, 1.165) is 19.6 Å². The smallest absolute Gasteiger partial charge is 0.322 e. The molecule has 2 aromatic rings. The van der Waals surface area contributed by atoms with Crippen LogP contribution in [0.4, 0.5) is 20.6 Å². The van der Waals surface area contributed by atoms with Crippen molar-refractivity contribution in [2.45, 2.75) is 13.5 Å². The van der Waals surface area contributed by atoms with Crippen molar-refractivity contribution < 1.29 is 14.0 Å². The fraction of sp³-hybridized carbons (Fsp3) is 0.300. The molecule has 6 nitrogen and oxygen atoms in total. The second-order valence-corrected chi connectivity index (χ2v) is 6.55. The lowest BCUT2D eigenvalue weighted by molar-refractivity contribution is -0.114. The summed E-state index contributed by atoms with van der Waals surface area (Å²) in [7, 11) is 0. The van der Waals surface area contributed by atoms with Crippen LogP contribution in [0.1, 0.15) is 12.5 Å². The third kappa shape index (κ3) is 5.27. The minimum atomic E-state index is -0.542. The number of amides is 3. The number of carbonyl (C=O) groups is 2. The lowest BCUT2D eigenvalue weighted by Crippen LogP contribution is -2.49. The van der Waals surface area contributed by atoms with E-state index in [-0.39, 0.29) is 17.6 Å². The average molecular weight is 370 g/mol. The summed E-state index contributed by atoms with van der Waals surface area (Å²) in [5, 5.41) is 5.18. The minimum absolute atomic E-state index is 0.0537. The first-order valence-electron chi connectivity index (χ1n) is 8.90. The Bertz CT molecular complexity index is 805. The monoisotopic (exact) mass is 370 g/mol. The van der Waals surface area contributed by atoms with E-state index >= 15 is 0 Å². The van der Waals surface area contributed by atoms with Crippen molar-refractivity contribution in [3.63, 3.8) is 0 Å². The molecule has 0 atom stereocenters. The predicted molar refractivity (Wildman–Crippen MR) is 103 cm³/mol. The fourth-order valence-electron chi connectivity index (χ4n) is 3.05. The first kappa shape index (κ1) is 18.8. The molecule has 1 heterocycles. The quantitative estimate of drug-likeness (QED) is 0.869. The molecule has 1 fully saturated rings. The van der Waals surface area contributed by atoms with Crippen LogP contribution in [-0.4, -0.2) is 47.9 Å². The first-order chi connectivity index (χ1) is 13.0. The molecule has 7 heteroatoms. The second kappa shape index (κ2) is 8.64. The Morgan fingerprint density at radius 3 is 2.37 bits per heavy atom. The summed E-state index contributed by atoms with van der Waals surface area (Å²) in [4.78, 5) is 27.6. The van der Waals surface area contributed by atoms with E-state index in [1.54, 1.807) is 4.90 Å². The molecule has 1 saturated heterocycles. The van der Waals surface area contributed by atoms with Gasteiger partial charge in [0.15, 0.2) is 0 Å². The van der Waals surface area contributed by atoms with E-state index in [0.29, 0.717) is 18.8 Å². The summed E-state index contributed by atoms with van der Waals surface area (Å²) in [6.07, 6.45) is 0. The lowest BCUT2D eigenvalue weighted by atomic mass is 10.2. The highest BCUT2D eigenvalue weighted by atomic mass is 19.1. The number of urea groups is 1. The first-order valence-corrected chi connectivity index (χ1v) is 8.90. The molecule has 3 rings (SSSR count). The second-order valence-electron chi connectivity index (χ2n) is 6.55. The van der Waals surface area contributed by atoms with Crippen LogP contribution in [0.2, 0.25) is 0 Å². The Kier molecular flexibility index (Phi) is 6.03. The van der Waals surface area contributed by atoms with Gasteiger partial charge in [0.25, 0.3) is 0 Å². The number of carbonyl (C=O) groups excluding carboxylic acids is 2. The molecule has 0 bridgehead atoms. The Hall–Kier alpha value is -2.93. The van der Waals surface area contributed by atoms with Crippen molar-refractivity contribution in [1.82, 2.24) is 9.80 Å². The van der Waals surface area contributed by atoms with Gasteiger partial charge in [-0.05, 0) is 23.8 Å². The van der Waals surface area contributed by atoms with Gasteiger partial charge < -0.3 is 15.5 Å². The highest BCUT2D eigenvalue weighted by Crippen LogP contribution is 2.20. The number of hydrogen-bond acceptors (Lipinski definition) is 3. The van der Waals surface area contributed by atoms with Gasteiger partial charge in [0, 0.05) is 45.3 Å². The lowest BCUT2D eigenvalue weighted by Gasteiger charge is -2.34. The summed E-state index contributed by atoms with van der Waals surface area (Å²) in [5.41, 5.74) is 1.73. The molecular weight excluding hydrogens is 347 g/mol. The summed E-state index contributed by atoms with van der Waals surface area (Å²) in [5.74, 6) is -0.798. The van der Waals surface area contributed by atoms with Gasteiger partial charge in [0.2, 0.25) is 5.91 Å². The van der Waals surface area contributed by atoms with Crippen molar-refractivity contribution in [3.05, 3.63) is 59.9 Å². The Morgan fingerprint density at radius 1 is 1.00 bits per heavy atom. The zero-order valence-electron chi connectivity index (χ0n) is 15.2. The van der Waals surface area contributed by atoms with Gasteiger partial charge >= 0.3 is 6.03 Å². The molecule has 0 radical (unpaired) electrons. The zero-order valence-corrected chi connectivity index (χ0v) is 15.2. The summed E-state index contributed by atoms with van der Waals surface area (Å²) >= 11 is 0. The molecule has 3 amide bonds. The van der Waals surface area contributed by atoms with Gasteiger partial charge in [-0.15, -0.1) is 0 Å². The maximum Gasteiger partial charge on any atom is 0.322 e. The van der Waals surface area contributed by atoms with Crippen LogP contribution in [0.5, 0.6) is 0 Å². The highest BCUT2D eigenvalue weighted by molar-refractivity contribution is 5.92.